The molecule has 0 saturated heterocycles. The first-order chi connectivity index (χ1) is 15.6. The zero-order valence-electron chi connectivity index (χ0n) is 19.3. The number of imide groups is 2. The van der Waals surface area contributed by atoms with E-state index < -0.39 is 47.7 Å². The van der Waals surface area contributed by atoms with Crippen LogP contribution in [-0.4, -0.2) is 70.7 Å². The summed E-state index contributed by atoms with van der Waals surface area (Å²) >= 11 is 0. The van der Waals surface area contributed by atoms with E-state index in [1.54, 1.807) is 0 Å². The first kappa shape index (κ1) is 26.0. The molecule has 0 aromatic heterocycles. The van der Waals surface area contributed by atoms with Gasteiger partial charge in [-0.2, -0.15) is 0 Å². The van der Waals surface area contributed by atoms with Gasteiger partial charge in [0.05, 0.1) is 13.2 Å². The molecule has 0 N–H and O–H groups in total. The number of esters is 2. The maximum Gasteiger partial charge on any atom is 0.329 e. The summed E-state index contributed by atoms with van der Waals surface area (Å²) in [6, 6.07) is -2.04. The fourth-order valence-corrected chi connectivity index (χ4v) is 3.62. The van der Waals surface area contributed by atoms with Gasteiger partial charge < -0.3 is 9.47 Å². The highest BCUT2D eigenvalue weighted by atomic mass is 16.5. The van der Waals surface area contributed by atoms with Crippen LogP contribution < -0.4 is 0 Å². The van der Waals surface area contributed by atoms with Crippen molar-refractivity contribution in [3.05, 3.63) is 24.3 Å². The summed E-state index contributed by atoms with van der Waals surface area (Å²) in [4.78, 5) is 73.3. The number of carbonyl (C=O) groups is 6. The average Bonchev–Trinajstić information content (AvgIpc) is 3.31. The van der Waals surface area contributed by atoms with E-state index in [9.17, 15) is 28.8 Å². The fraction of sp³-hybridized carbons (Fsp3) is 0.565. The van der Waals surface area contributed by atoms with Crippen LogP contribution in [0.1, 0.15) is 47.0 Å². The lowest BCUT2D eigenvalue weighted by Gasteiger charge is -2.25. The SMILES string of the molecule is CCC(COC(=O)C(C)N1C(=O)C=CC1=O)CC(CC)COC(=O)C(C)N1C(=O)C=CC1=O. The molecule has 0 radical (unpaired) electrons. The second kappa shape index (κ2) is 11.5. The number of amides is 4. The van der Waals surface area contributed by atoms with Gasteiger partial charge >= 0.3 is 11.9 Å². The van der Waals surface area contributed by atoms with Crippen molar-refractivity contribution < 1.29 is 38.2 Å². The van der Waals surface area contributed by atoms with Gasteiger partial charge in [-0.1, -0.05) is 26.7 Å². The third-order valence-electron chi connectivity index (χ3n) is 5.89. The number of hydrogen-bond donors (Lipinski definition) is 0. The van der Waals surface area contributed by atoms with Crippen LogP contribution in [0.25, 0.3) is 0 Å². The molecule has 2 aliphatic rings. The Hall–Kier alpha value is -3.30. The molecular weight excluding hydrogens is 432 g/mol. The van der Waals surface area contributed by atoms with Crippen molar-refractivity contribution >= 4 is 35.6 Å². The summed E-state index contributed by atoms with van der Waals surface area (Å²) < 4.78 is 10.7. The minimum absolute atomic E-state index is 0.0173. The molecule has 4 amide bonds. The number of hydrogen-bond acceptors (Lipinski definition) is 8. The van der Waals surface area contributed by atoms with Gasteiger partial charge in [0.1, 0.15) is 12.1 Å². The van der Waals surface area contributed by atoms with Crippen LogP contribution in [0.5, 0.6) is 0 Å². The van der Waals surface area contributed by atoms with Crippen molar-refractivity contribution in [1.29, 1.82) is 0 Å². The van der Waals surface area contributed by atoms with Gasteiger partial charge in [-0.25, -0.2) is 9.59 Å². The zero-order valence-corrected chi connectivity index (χ0v) is 19.3. The van der Waals surface area contributed by atoms with Crippen LogP contribution in [0.15, 0.2) is 24.3 Å². The van der Waals surface area contributed by atoms with Crippen molar-refractivity contribution in [2.75, 3.05) is 13.2 Å². The Balaban J connectivity index is 1.82. The first-order valence-corrected chi connectivity index (χ1v) is 11.0. The summed E-state index contributed by atoms with van der Waals surface area (Å²) in [5.74, 6) is -3.56. The van der Waals surface area contributed by atoms with Crippen LogP contribution in [0.2, 0.25) is 0 Å². The third kappa shape index (κ3) is 6.36. The Morgan fingerprint density at radius 2 is 1.00 bits per heavy atom. The predicted molar refractivity (Wildman–Crippen MR) is 115 cm³/mol. The highest BCUT2D eigenvalue weighted by Gasteiger charge is 2.35. The van der Waals surface area contributed by atoms with E-state index in [2.05, 4.69) is 0 Å². The summed E-state index contributed by atoms with van der Waals surface area (Å²) in [6.45, 7) is 6.97. The van der Waals surface area contributed by atoms with E-state index >= 15 is 0 Å². The Kier molecular flexibility index (Phi) is 9.07. The van der Waals surface area contributed by atoms with Gasteiger partial charge in [-0.05, 0) is 32.1 Å². The van der Waals surface area contributed by atoms with E-state index in [1.165, 1.54) is 13.8 Å². The highest BCUT2D eigenvalue weighted by molar-refractivity contribution is 6.15. The molecule has 4 unspecified atom stereocenters. The normalized spacial score (nSPS) is 19.2. The molecule has 4 atom stereocenters. The van der Waals surface area contributed by atoms with Gasteiger partial charge in [0.15, 0.2) is 0 Å². The van der Waals surface area contributed by atoms with E-state index in [0.717, 1.165) is 34.1 Å². The lowest BCUT2D eigenvalue weighted by molar-refractivity contribution is -0.158. The van der Waals surface area contributed by atoms with Crippen LogP contribution in [0.4, 0.5) is 0 Å². The monoisotopic (exact) mass is 462 g/mol. The number of ether oxygens (including phenoxy) is 2. The fourth-order valence-electron chi connectivity index (χ4n) is 3.62. The van der Waals surface area contributed by atoms with E-state index in [-0.39, 0.29) is 25.0 Å². The molecule has 33 heavy (non-hydrogen) atoms. The number of nitrogens with zero attached hydrogens (tertiary/aromatic N) is 2. The lowest BCUT2D eigenvalue weighted by atomic mass is 9.92. The van der Waals surface area contributed by atoms with E-state index in [0.29, 0.717) is 19.3 Å². The standard InChI is InChI=1S/C23H30N2O8/c1-5-16(12-32-22(30)14(3)24-18(26)7-8-19(24)27)11-17(6-2)13-33-23(31)15(4)25-20(28)9-10-21(25)29/h7-10,14-17H,5-6,11-13H2,1-4H3. The van der Waals surface area contributed by atoms with Crippen molar-refractivity contribution in [2.45, 2.75) is 59.0 Å². The minimum Gasteiger partial charge on any atom is -0.464 e. The van der Waals surface area contributed by atoms with Crippen molar-refractivity contribution in [1.82, 2.24) is 9.80 Å². The Labute approximate surface area is 192 Å². The topological polar surface area (TPSA) is 127 Å². The van der Waals surface area contributed by atoms with Gasteiger partial charge in [0.2, 0.25) is 0 Å². The molecule has 2 aliphatic heterocycles. The highest BCUT2D eigenvalue weighted by Crippen LogP contribution is 2.21. The summed E-state index contributed by atoms with van der Waals surface area (Å²) in [7, 11) is 0. The molecule has 2 rings (SSSR count). The van der Waals surface area contributed by atoms with Gasteiger partial charge in [-0.15, -0.1) is 0 Å². The van der Waals surface area contributed by atoms with Crippen LogP contribution in [-0.2, 0) is 38.2 Å². The Bertz CT molecular complexity index is 772. The third-order valence-corrected chi connectivity index (χ3v) is 5.89. The maximum atomic E-state index is 12.3. The summed E-state index contributed by atoms with van der Waals surface area (Å²) in [5, 5.41) is 0. The van der Waals surface area contributed by atoms with Gasteiger partial charge in [0.25, 0.3) is 23.6 Å². The molecular formula is C23H30N2O8. The summed E-state index contributed by atoms with van der Waals surface area (Å²) in [6.07, 6.45) is 6.47. The van der Waals surface area contributed by atoms with E-state index in [4.69, 9.17) is 9.47 Å². The van der Waals surface area contributed by atoms with Gasteiger partial charge in [0, 0.05) is 24.3 Å². The van der Waals surface area contributed by atoms with Crippen molar-refractivity contribution in [3.8, 4) is 0 Å². The van der Waals surface area contributed by atoms with Crippen LogP contribution >= 0.6 is 0 Å². The molecule has 0 aromatic carbocycles. The maximum absolute atomic E-state index is 12.3. The second-order valence-corrected chi connectivity index (χ2v) is 8.16. The smallest absolute Gasteiger partial charge is 0.329 e. The van der Waals surface area contributed by atoms with Crippen LogP contribution in [0.3, 0.4) is 0 Å². The van der Waals surface area contributed by atoms with Crippen LogP contribution in [0, 0.1) is 11.8 Å². The molecule has 10 heteroatoms. The van der Waals surface area contributed by atoms with Crippen molar-refractivity contribution in [2.24, 2.45) is 11.8 Å². The number of carbonyl (C=O) groups excluding carboxylic acids is 6. The largest absolute Gasteiger partial charge is 0.464 e. The zero-order chi connectivity index (χ0) is 24.7. The first-order valence-electron chi connectivity index (χ1n) is 11.0. The molecule has 0 aromatic rings. The molecule has 0 spiro atoms. The molecule has 0 aliphatic carbocycles. The lowest BCUT2D eigenvalue weighted by Crippen LogP contribution is -2.44. The molecule has 0 bridgehead atoms. The van der Waals surface area contributed by atoms with Gasteiger partial charge in [-0.3, -0.25) is 29.0 Å². The Morgan fingerprint density at radius 3 is 1.27 bits per heavy atom. The Morgan fingerprint density at radius 1 is 0.697 bits per heavy atom. The second-order valence-electron chi connectivity index (χ2n) is 8.16. The molecule has 10 nitrogen and oxygen atoms in total. The number of rotatable bonds is 12. The molecule has 180 valence electrons. The molecule has 2 heterocycles. The minimum atomic E-state index is -1.02. The molecule has 0 fully saturated rings. The summed E-state index contributed by atoms with van der Waals surface area (Å²) in [5.41, 5.74) is 0. The molecule has 0 saturated carbocycles. The van der Waals surface area contributed by atoms with E-state index in [1.807, 2.05) is 13.8 Å². The average molecular weight is 462 g/mol. The van der Waals surface area contributed by atoms with Crippen molar-refractivity contribution in [3.63, 3.8) is 0 Å². The quantitative estimate of drug-likeness (QED) is 0.312. The predicted octanol–water partition coefficient (Wildman–Crippen LogP) is 1.14.